The van der Waals surface area contributed by atoms with Crippen molar-refractivity contribution < 1.29 is 4.92 Å². The van der Waals surface area contributed by atoms with Crippen LogP contribution < -0.4 is 0 Å². The summed E-state index contributed by atoms with van der Waals surface area (Å²) in [6, 6.07) is 15.6. The normalized spacial score (nSPS) is 16.5. The molecule has 21 heavy (non-hydrogen) atoms. The van der Waals surface area contributed by atoms with Crippen LogP contribution >= 0.6 is 0 Å². The van der Waals surface area contributed by atoms with Crippen LogP contribution in [-0.4, -0.2) is 9.49 Å². The molecule has 2 aromatic carbocycles. The molecule has 1 heterocycles. The van der Waals surface area contributed by atoms with E-state index >= 15 is 0 Å². The lowest BCUT2D eigenvalue weighted by Gasteiger charge is -2.30. The maximum absolute atomic E-state index is 11.2. The van der Waals surface area contributed by atoms with Crippen molar-refractivity contribution in [3.63, 3.8) is 0 Å². The molecule has 0 amide bonds. The van der Waals surface area contributed by atoms with Crippen molar-refractivity contribution in [3.05, 3.63) is 76.0 Å². The van der Waals surface area contributed by atoms with Crippen molar-refractivity contribution in [1.82, 2.24) is 4.57 Å². The van der Waals surface area contributed by atoms with Gasteiger partial charge >= 0.3 is 0 Å². The molecule has 1 atom stereocenters. The van der Waals surface area contributed by atoms with Crippen LogP contribution in [0, 0.1) is 10.1 Å². The molecule has 1 unspecified atom stereocenters. The third-order valence-corrected chi connectivity index (χ3v) is 4.34. The molecule has 1 aliphatic rings. The predicted molar refractivity (Wildman–Crippen MR) is 81.5 cm³/mol. The molecule has 1 aromatic heterocycles. The number of aromatic nitrogens is 1. The molecule has 0 bridgehead atoms. The summed E-state index contributed by atoms with van der Waals surface area (Å²) >= 11 is 0. The van der Waals surface area contributed by atoms with Crippen LogP contribution in [0.1, 0.15) is 17.0 Å². The number of hydrogen-bond acceptors (Lipinski definition) is 2. The van der Waals surface area contributed by atoms with Crippen molar-refractivity contribution >= 4 is 16.6 Å². The van der Waals surface area contributed by atoms with E-state index in [2.05, 4.69) is 24.3 Å². The molecule has 0 radical (unpaired) electrons. The fourth-order valence-electron chi connectivity index (χ4n) is 3.30. The highest BCUT2D eigenvalue weighted by atomic mass is 16.6. The molecule has 4 nitrogen and oxygen atoms in total. The van der Waals surface area contributed by atoms with Gasteiger partial charge in [0.05, 0.1) is 4.92 Å². The van der Waals surface area contributed by atoms with Crippen molar-refractivity contribution in [1.29, 1.82) is 0 Å². The van der Waals surface area contributed by atoms with E-state index in [1.54, 1.807) is 12.1 Å². The molecule has 4 heteroatoms. The molecule has 0 saturated heterocycles. The lowest BCUT2D eigenvalue weighted by atomic mass is 9.77. The molecular weight excluding hydrogens is 264 g/mol. The van der Waals surface area contributed by atoms with E-state index in [9.17, 15) is 10.1 Å². The Bertz CT molecular complexity index is 851. The summed E-state index contributed by atoms with van der Waals surface area (Å²) in [4.78, 5) is 10.9. The van der Waals surface area contributed by atoms with E-state index in [1.807, 2.05) is 22.9 Å². The van der Waals surface area contributed by atoms with E-state index in [1.165, 1.54) is 11.1 Å². The van der Waals surface area contributed by atoms with Gasteiger partial charge in [0.25, 0.3) is 5.69 Å². The minimum Gasteiger partial charge on any atom is -0.341 e. The molecule has 1 aliphatic carbocycles. The van der Waals surface area contributed by atoms with Gasteiger partial charge in [0.2, 0.25) is 0 Å². The van der Waals surface area contributed by atoms with Crippen LogP contribution in [-0.2, 0) is 13.0 Å². The number of nitrogens with zero attached hydrogens (tertiary/aromatic N) is 2. The van der Waals surface area contributed by atoms with Gasteiger partial charge in [-0.3, -0.25) is 10.1 Å². The largest absolute Gasteiger partial charge is 0.341 e. The quantitative estimate of drug-likeness (QED) is 0.539. The van der Waals surface area contributed by atoms with Gasteiger partial charge in [-0.1, -0.05) is 36.4 Å². The van der Waals surface area contributed by atoms with Crippen molar-refractivity contribution in [2.75, 3.05) is 0 Å². The molecule has 0 spiro atoms. The van der Waals surface area contributed by atoms with Gasteiger partial charge in [-0.15, -0.1) is 0 Å². The van der Waals surface area contributed by atoms with Crippen molar-refractivity contribution in [2.24, 2.45) is 0 Å². The minimum absolute atomic E-state index is 0.185. The molecular formula is C17H14N2O2. The Kier molecular flexibility index (Phi) is 2.57. The average molecular weight is 278 g/mol. The highest BCUT2D eigenvalue weighted by molar-refractivity contribution is 5.88. The fourth-order valence-corrected chi connectivity index (χ4v) is 3.30. The lowest BCUT2D eigenvalue weighted by molar-refractivity contribution is -0.383. The van der Waals surface area contributed by atoms with E-state index < -0.39 is 0 Å². The number of non-ortho nitro benzene ring substituents is 1. The first-order valence-corrected chi connectivity index (χ1v) is 7.04. The number of nitro groups is 1. The average Bonchev–Trinajstić information content (AvgIpc) is 2.88. The Morgan fingerprint density at radius 3 is 2.81 bits per heavy atom. The molecule has 3 aromatic rings. The Hall–Kier alpha value is -2.62. The smallest absolute Gasteiger partial charge is 0.293 e. The second kappa shape index (κ2) is 4.45. The van der Waals surface area contributed by atoms with Gasteiger partial charge in [0, 0.05) is 30.1 Å². The van der Waals surface area contributed by atoms with Crippen molar-refractivity contribution in [2.45, 2.75) is 18.9 Å². The van der Waals surface area contributed by atoms with Crippen LogP contribution in [0.5, 0.6) is 0 Å². The maximum Gasteiger partial charge on any atom is 0.293 e. The van der Waals surface area contributed by atoms with Crippen LogP contribution in [0.15, 0.2) is 54.7 Å². The Balaban J connectivity index is 1.74. The monoisotopic (exact) mass is 278 g/mol. The molecule has 0 N–H and O–H groups in total. The summed E-state index contributed by atoms with van der Waals surface area (Å²) < 4.78 is 2.02. The Morgan fingerprint density at radius 2 is 2.00 bits per heavy atom. The maximum atomic E-state index is 11.2. The van der Waals surface area contributed by atoms with Crippen LogP contribution in [0.3, 0.4) is 0 Å². The van der Waals surface area contributed by atoms with E-state index in [0.717, 1.165) is 23.9 Å². The number of fused-ring (bicyclic) bond motifs is 2. The van der Waals surface area contributed by atoms with Crippen LogP contribution in [0.25, 0.3) is 10.9 Å². The molecule has 4 rings (SSSR count). The summed E-state index contributed by atoms with van der Waals surface area (Å²) in [5, 5.41) is 12.2. The summed E-state index contributed by atoms with van der Waals surface area (Å²) in [5.74, 6) is 0.455. The fraction of sp³-hybridized carbons (Fsp3) is 0.176. The SMILES string of the molecule is O=[N+]([O-])c1cccc2ccn(CC3Cc4ccccc43)c12. The third kappa shape index (κ3) is 1.83. The molecule has 104 valence electrons. The second-order valence-corrected chi connectivity index (χ2v) is 5.54. The summed E-state index contributed by atoms with van der Waals surface area (Å²) in [5.41, 5.74) is 3.68. The summed E-state index contributed by atoms with van der Waals surface area (Å²) in [6.07, 6.45) is 3.01. The van der Waals surface area contributed by atoms with E-state index in [4.69, 9.17) is 0 Å². The van der Waals surface area contributed by atoms with Crippen LogP contribution in [0.4, 0.5) is 5.69 Å². The summed E-state index contributed by atoms with van der Waals surface area (Å²) in [6.45, 7) is 0.797. The zero-order valence-corrected chi connectivity index (χ0v) is 11.4. The topological polar surface area (TPSA) is 48.1 Å². The molecule has 0 fully saturated rings. The first-order chi connectivity index (χ1) is 10.2. The molecule has 0 aliphatic heterocycles. The van der Waals surface area contributed by atoms with Gasteiger partial charge in [-0.2, -0.15) is 0 Å². The number of benzene rings is 2. The zero-order chi connectivity index (χ0) is 14.4. The van der Waals surface area contributed by atoms with Gasteiger partial charge in [0.15, 0.2) is 0 Å². The van der Waals surface area contributed by atoms with Gasteiger partial charge < -0.3 is 4.57 Å². The lowest BCUT2D eigenvalue weighted by Crippen LogP contribution is -2.21. The first-order valence-electron chi connectivity index (χ1n) is 7.04. The zero-order valence-electron chi connectivity index (χ0n) is 11.4. The highest BCUT2D eigenvalue weighted by Gasteiger charge is 2.26. The first kappa shape index (κ1) is 12.1. The van der Waals surface area contributed by atoms with E-state index in [-0.39, 0.29) is 10.6 Å². The van der Waals surface area contributed by atoms with E-state index in [0.29, 0.717) is 5.92 Å². The Morgan fingerprint density at radius 1 is 1.14 bits per heavy atom. The van der Waals surface area contributed by atoms with Crippen molar-refractivity contribution in [3.8, 4) is 0 Å². The number of hydrogen-bond donors (Lipinski definition) is 0. The van der Waals surface area contributed by atoms with Gasteiger partial charge in [0.1, 0.15) is 5.52 Å². The number of rotatable bonds is 3. The Labute approximate surface area is 121 Å². The second-order valence-electron chi connectivity index (χ2n) is 5.54. The van der Waals surface area contributed by atoms with Crippen LogP contribution in [0.2, 0.25) is 0 Å². The third-order valence-electron chi connectivity index (χ3n) is 4.34. The number of nitro benzene ring substituents is 1. The standard InChI is InChI=1S/C17H14N2O2/c20-19(21)16-7-3-5-12-8-9-18(17(12)16)11-14-10-13-4-1-2-6-15(13)14/h1-9,14H,10-11H2. The highest BCUT2D eigenvalue weighted by Crippen LogP contribution is 2.37. The molecule has 0 saturated carbocycles. The van der Waals surface area contributed by atoms with Gasteiger partial charge in [-0.25, -0.2) is 0 Å². The van der Waals surface area contributed by atoms with Gasteiger partial charge in [-0.05, 0) is 23.6 Å². The minimum atomic E-state index is -0.298. The summed E-state index contributed by atoms with van der Waals surface area (Å²) in [7, 11) is 0. The number of para-hydroxylation sites is 1. The predicted octanol–water partition coefficient (Wildman–Crippen LogP) is 3.89.